The molecule has 2 heteroatoms. The van der Waals surface area contributed by atoms with Crippen LogP contribution in [0, 0.1) is 6.92 Å². The summed E-state index contributed by atoms with van der Waals surface area (Å²) in [6, 6.07) is 25.7. The van der Waals surface area contributed by atoms with Gasteiger partial charge in [-0.1, -0.05) is 60.7 Å². The fourth-order valence-electron chi connectivity index (χ4n) is 3.86. The Kier molecular flexibility index (Phi) is 3.83. The van der Waals surface area contributed by atoms with E-state index in [0.29, 0.717) is 0 Å². The van der Waals surface area contributed by atoms with Gasteiger partial charge in [0.25, 0.3) is 0 Å². The number of allylic oxidation sites excluding steroid dienone is 1. The summed E-state index contributed by atoms with van der Waals surface area (Å²) < 4.78 is 0. The van der Waals surface area contributed by atoms with Gasteiger partial charge in [0.2, 0.25) is 0 Å². The minimum Gasteiger partial charge on any atom is -0.234 e. The predicted molar refractivity (Wildman–Crippen MR) is 112 cm³/mol. The molecule has 0 saturated heterocycles. The Morgan fingerprint density at radius 2 is 1.48 bits per heavy atom. The third kappa shape index (κ3) is 3.04. The summed E-state index contributed by atoms with van der Waals surface area (Å²) in [5, 5.41) is 2.48. The minimum atomic E-state index is 0.815. The molecule has 4 aromatic rings. The van der Waals surface area contributed by atoms with Crippen LogP contribution in [0.25, 0.3) is 33.7 Å². The van der Waals surface area contributed by atoms with E-state index in [2.05, 4.69) is 78.9 Å². The normalized spacial score (nSPS) is 13.3. The van der Waals surface area contributed by atoms with E-state index >= 15 is 0 Å². The molecular weight excluding hydrogens is 328 g/mol. The Hall–Kier alpha value is -3.26. The van der Waals surface area contributed by atoms with Crippen molar-refractivity contribution in [2.24, 2.45) is 0 Å². The van der Waals surface area contributed by atoms with Crippen LogP contribution in [0.15, 0.2) is 72.8 Å². The maximum atomic E-state index is 4.74. The lowest BCUT2D eigenvalue weighted by molar-refractivity contribution is 0.972. The van der Waals surface area contributed by atoms with Crippen molar-refractivity contribution in [2.45, 2.75) is 19.8 Å². The van der Waals surface area contributed by atoms with Gasteiger partial charge < -0.3 is 0 Å². The van der Waals surface area contributed by atoms with Gasteiger partial charge in [0.1, 0.15) is 5.82 Å². The third-order valence-corrected chi connectivity index (χ3v) is 5.26. The second-order valence-electron chi connectivity index (χ2n) is 7.12. The van der Waals surface area contributed by atoms with Crippen LogP contribution >= 0.6 is 0 Å². The lowest BCUT2D eigenvalue weighted by Crippen LogP contribution is -2.02. The van der Waals surface area contributed by atoms with Crippen LogP contribution in [0.1, 0.15) is 29.1 Å². The first-order valence-electron chi connectivity index (χ1n) is 9.40. The second-order valence-corrected chi connectivity index (χ2v) is 7.12. The van der Waals surface area contributed by atoms with Gasteiger partial charge in [0, 0.05) is 5.56 Å². The Morgan fingerprint density at radius 1 is 0.704 bits per heavy atom. The van der Waals surface area contributed by atoms with Crippen molar-refractivity contribution in [3.05, 3.63) is 95.4 Å². The Morgan fingerprint density at radius 3 is 2.41 bits per heavy atom. The molecule has 0 amide bonds. The number of benzene rings is 3. The molecule has 130 valence electrons. The van der Waals surface area contributed by atoms with Crippen molar-refractivity contribution in [3.63, 3.8) is 0 Å². The summed E-state index contributed by atoms with van der Waals surface area (Å²) in [4.78, 5) is 9.45. The van der Waals surface area contributed by atoms with Gasteiger partial charge >= 0.3 is 0 Å². The largest absolute Gasteiger partial charge is 0.234 e. The first-order chi connectivity index (χ1) is 13.3. The fourth-order valence-corrected chi connectivity index (χ4v) is 3.86. The fraction of sp³-hybridized carbons (Fsp3) is 0.120. The highest BCUT2D eigenvalue weighted by Crippen LogP contribution is 2.31. The molecule has 5 rings (SSSR count). The first-order valence-corrected chi connectivity index (χ1v) is 9.40. The van der Waals surface area contributed by atoms with Crippen LogP contribution in [0.2, 0.25) is 0 Å². The number of hydrogen-bond acceptors (Lipinski definition) is 2. The van der Waals surface area contributed by atoms with Gasteiger partial charge in [0.05, 0.1) is 11.4 Å². The van der Waals surface area contributed by atoms with Crippen molar-refractivity contribution in [1.29, 1.82) is 0 Å². The zero-order valence-corrected chi connectivity index (χ0v) is 15.3. The zero-order chi connectivity index (χ0) is 18.2. The molecule has 27 heavy (non-hydrogen) atoms. The van der Waals surface area contributed by atoms with Crippen molar-refractivity contribution in [2.75, 3.05) is 0 Å². The molecule has 2 nitrogen and oxygen atoms in total. The topological polar surface area (TPSA) is 25.8 Å². The molecular formula is C25H20N2. The molecule has 1 aliphatic carbocycles. The van der Waals surface area contributed by atoms with E-state index in [9.17, 15) is 0 Å². The average Bonchev–Trinajstić information content (AvgIpc) is 2.72. The molecule has 1 heterocycles. The lowest BCUT2D eigenvalue weighted by Gasteiger charge is -2.17. The smallest absolute Gasteiger partial charge is 0.126 e. The summed E-state index contributed by atoms with van der Waals surface area (Å²) in [6.45, 7) is 1.98. The zero-order valence-electron chi connectivity index (χ0n) is 15.3. The summed E-state index contributed by atoms with van der Waals surface area (Å²) in [5.74, 6) is 0.815. The van der Waals surface area contributed by atoms with Crippen LogP contribution in [0.3, 0.4) is 0 Å². The molecule has 0 unspecified atom stereocenters. The van der Waals surface area contributed by atoms with Crippen LogP contribution < -0.4 is 0 Å². The van der Waals surface area contributed by atoms with Gasteiger partial charge in [0.15, 0.2) is 0 Å². The third-order valence-electron chi connectivity index (χ3n) is 5.26. The number of hydrogen-bond donors (Lipinski definition) is 0. The lowest BCUT2D eigenvalue weighted by atomic mass is 9.90. The monoisotopic (exact) mass is 348 g/mol. The summed E-state index contributed by atoms with van der Waals surface area (Å²) in [7, 11) is 0. The number of aromatic nitrogens is 2. The first kappa shape index (κ1) is 16.0. The van der Waals surface area contributed by atoms with Gasteiger partial charge in [-0.25, -0.2) is 9.97 Å². The minimum absolute atomic E-state index is 0.815. The predicted octanol–water partition coefficient (Wildman–Crippen LogP) is 6.09. The maximum Gasteiger partial charge on any atom is 0.126 e. The second kappa shape index (κ2) is 6.48. The van der Waals surface area contributed by atoms with E-state index in [4.69, 9.17) is 9.97 Å². The molecule has 1 aliphatic rings. The summed E-state index contributed by atoms with van der Waals surface area (Å²) in [6.07, 6.45) is 4.37. The molecule has 0 spiro atoms. The standard InChI is InChI=1S/C25H20N2/c1-17-26-24(22-12-10-18-6-2-4-8-20(18)14-22)16-25(27-17)23-13-11-19-7-3-5-9-21(19)15-23/h2-10,12,14-16H,11,13H2,1H3. The van der Waals surface area contributed by atoms with Crippen LogP contribution in [-0.4, -0.2) is 9.97 Å². The van der Waals surface area contributed by atoms with E-state index in [1.807, 2.05) is 6.92 Å². The Balaban J connectivity index is 1.60. The Bertz CT molecular complexity index is 1190. The molecule has 0 saturated carbocycles. The van der Waals surface area contributed by atoms with Gasteiger partial charge in [-0.05, 0) is 65.4 Å². The highest BCUT2D eigenvalue weighted by Gasteiger charge is 2.14. The van der Waals surface area contributed by atoms with Crippen LogP contribution in [0.4, 0.5) is 0 Å². The number of nitrogens with zero attached hydrogens (tertiary/aromatic N) is 2. The van der Waals surface area contributed by atoms with Crippen molar-refractivity contribution < 1.29 is 0 Å². The highest BCUT2D eigenvalue weighted by atomic mass is 14.9. The molecule has 3 aromatic carbocycles. The molecule has 0 radical (unpaired) electrons. The average molecular weight is 348 g/mol. The molecule has 1 aromatic heterocycles. The van der Waals surface area contributed by atoms with Gasteiger partial charge in [-0.3, -0.25) is 0 Å². The van der Waals surface area contributed by atoms with E-state index in [1.165, 1.54) is 27.5 Å². The van der Waals surface area contributed by atoms with Crippen molar-refractivity contribution >= 4 is 22.4 Å². The molecule has 0 bridgehead atoms. The summed E-state index contributed by atoms with van der Waals surface area (Å²) in [5.41, 5.74) is 7.19. The van der Waals surface area contributed by atoms with Crippen molar-refractivity contribution in [3.8, 4) is 11.3 Å². The molecule has 0 atom stereocenters. The Labute approximate surface area is 159 Å². The van der Waals surface area contributed by atoms with Gasteiger partial charge in [-0.15, -0.1) is 0 Å². The highest BCUT2D eigenvalue weighted by molar-refractivity contribution is 5.88. The molecule has 0 N–H and O–H groups in total. The number of rotatable bonds is 2. The number of fused-ring (bicyclic) bond motifs is 2. The van der Waals surface area contributed by atoms with Crippen molar-refractivity contribution in [1.82, 2.24) is 9.97 Å². The van der Waals surface area contributed by atoms with Crippen LogP contribution in [0.5, 0.6) is 0 Å². The van der Waals surface area contributed by atoms with Gasteiger partial charge in [-0.2, -0.15) is 0 Å². The quantitative estimate of drug-likeness (QED) is 0.438. The summed E-state index contributed by atoms with van der Waals surface area (Å²) >= 11 is 0. The maximum absolute atomic E-state index is 4.74. The van der Waals surface area contributed by atoms with E-state index in [0.717, 1.165) is 35.6 Å². The van der Waals surface area contributed by atoms with E-state index in [1.54, 1.807) is 0 Å². The van der Waals surface area contributed by atoms with E-state index < -0.39 is 0 Å². The SMILES string of the molecule is Cc1nc(C2=Cc3ccccc3CC2)cc(-c2ccc3ccccc3c2)n1. The molecule has 0 fully saturated rings. The van der Waals surface area contributed by atoms with E-state index in [-0.39, 0.29) is 0 Å². The number of aryl methyl sites for hydroxylation is 2. The van der Waals surface area contributed by atoms with Crippen LogP contribution in [-0.2, 0) is 6.42 Å². The molecule has 0 aliphatic heterocycles.